The SMILES string of the molecule is NOC(=O)Nc1ccc(OC(F)(F)F)cc1. The summed E-state index contributed by atoms with van der Waals surface area (Å²) >= 11 is 0. The lowest BCUT2D eigenvalue weighted by Crippen LogP contribution is -2.18. The second kappa shape index (κ2) is 4.71. The molecule has 16 heavy (non-hydrogen) atoms. The predicted molar refractivity (Wildman–Crippen MR) is 47.4 cm³/mol. The number of carbonyl (C=O) groups is 1. The minimum absolute atomic E-state index is 0.227. The quantitative estimate of drug-likeness (QED) is 0.770. The van der Waals surface area contributed by atoms with Crippen molar-refractivity contribution in [2.75, 3.05) is 5.32 Å². The number of nitrogens with two attached hydrogens (primary N) is 1. The second-order valence-corrected chi connectivity index (χ2v) is 2.60. The van der Waals surface area contributed by atoms with Crippen molar-refractivity contribution in [3.05, 3.63) is 24.3 Å². The first-order valence-electron chi connectivity index (χ1n) is 3.94. The van der Waals surface area contributed by atoms with E-state index in [9.17, 15) is 18.0 Å². The molecule has 0 spiro atoms. The molecule has 3 N–H and O–H groups in total. The van der Waals surface area contributed by atoms with E-state index in [0.29, 0.717) is 0 Å². The number of alkyl halides is 3. The van der Waals surface area contributed by atoms with Crippen LogP contribution in [-0.2, 0) is 4.84 Å². The second-order valence-electron chi connectivity index (χ2n) is 2.60. The third-order valence-corrected chi connectivity index (χ3v) is 1.44. The average Bonchev–Trinajstić information content (AvgIpc) is 2.18. The van der Waals surface area contributed by atoms with E-state index < -0.39 is 12.5 Å². The van der Waals surface area contributed by atoms with E-state index in [2.05, 4.69) is 20.8 Å². The maximum absolute atomic E-state index is 11.8. The number of amides is 1. The molecule has 8 heteroatoms. The Hall–Kier alpha value is -1.96. The van der Waals surface area contributed by atoms with Crippen LogP contribution in [0.4, 0.5) is 23.7 Å². The lowest BCUT2D eigenvalue weighted by molar-refractivity contribution is -0.274. The summed E-state index contributed by atoms with van der Waals surface area (Å²) in [6.07, 6.45) is -5.67. The van der Waals surface area contributed by atoms with Gasteiger partial charge < -0.3 is 9.57 Å². The molecular formula is C8H7F3N2O3. The van der Waals surface area contributed by atoms with Gasteiger partial charge in [0.2, 0.25) is 0 Å². The van der Waals surface area contributed by atoms with Gasteiger partial charge in [-0.15, -0.1) is 13.2 Å². The highest BCUT2D eigenvalue weighted by molar-refractivity contribution is 5.84. The zero-order valence-corrected chi connectivity index (χ0v) is 7.75. The molecule has 0 radical (unpaired) electrons. The molecule has 0 aliphatic carbocycles. The first-order valence-corrected chi connectivity index (χ1v) is 3.94. The summed E-state index contributed by atoms with van der Waals surface area (Å²) in [6.45, 7) is 0. The molecule has 0 unspecified atom stereocenters. The van der Waals surface area contributed by atoms with Crippen LogP contribution in [0.5, 0.6) is 5.75 Å². The molecule has 1 aromatic carbocycles. The van der Waals surface area contributed by atoms with Crippen LogP contribution in [0.1, 0.15) is 0 Å². The van der Waals surface area contributed by atoms with Gasteiger partial charge in [-0.3, -0.25) is 5.32 Å². The van der Waals surface area contributed by atoms with Crippen molar-refractivity contribution in [3.8, 4) is 5.75 Å². The molecule has 88 valence electrons. The predicted octanol–water partition coefficient (Wildman–Crippen LogP) is 2.01. The molecule has 0 saturated carbocycles. The van der Waals surface area contributed by atoms with Gasteiger partial charge in [0.25, 0.3) is 0 Å². The van der Waals surface area contributed by atoms with Crippen molar-refractivity contribution in [1.82, 2.24) is 0 Å². The summed E-state index contributed by atoms with van der Waals surface area (Å²) in [7, 11) is 0. The van der Waals surface area contributed by atoms with E-state index >= 15 is 0 Å². The fourth-order valence-electron chi connectivity index (χ4n) is 0.887. The van der Waals surface area contributed by atoms with Crippen LogP contribution in [0.15, 0.2) is 24.3 Å². The minimum atomic E-state index is -4.74. The van der Waals surface area contributed by atoms with Gasteiger partial charge >= 0.3 is 12.5 Å². The molecular weight excluding hydrogens is 229 g/mol. The molecule has 0 aliphatic rings. The number of hydrogen-bond donors (Lipinski definition) is 2. The summed E-state index contributed by atoms with van der Waals surface area (Å²) in [4.78, 5) is 14.4. The van der Waals surface area contributed by atoms with Crippen molar-refractivity contribution >= 4 is 11.8 Å². The van der Waals surface area contributed by atoms with Crippen LogP contribution in [0, 0.1) is 0 Å². The number of hydrogen-bond acceptors (Lipinski definition) is 4. The van der Waals surface area contributed by atoms with Gasteiger partial charge in [0.1, 0.15) is 5.75 Å². The lowest BCUT2D eigenvalue weighted by Gasteiger charge is -2.09. The van der Waals surface area contributed by atoms with E-state index in [-0.39, 0.29) is 11.4 Å². The van der Waals surface area contributed by atoms with Gasteiger partial charge in [-0.1, -0.05) is 0 Å². The molecule has 1 rings (SSSR count). The van der Waals surface area contributed by atoms with Gasteiger partial charge in [-0.05, 0) is 24.3 Å². The number of halogens is 3. The largest absolute Gasteiger partial charge is 0.573 e. The van der Waals surface area contributed by atoms with Gasteiger partial charge in [0, 0.05) is 5.69 Å². The normalized spacial score (nSPS) is 10.8. The summed E-state index contributed by atoms with van der Waals surface area (Å²) in [6, 6.07) is 4.50. The first kappa shape index (κ1) is 12.1. The molecule has 0 heterocycles. The Morgan fingerprint density at radius 2 is 1.81 bits per heavy atom. The summed E-state index contributed by atoms with van der Waals surface area (Å²) < 4.78 is 39.0. The zero-order chi connectivity index (χ0) is 12.2. The van der Waals surface area contributed by atoms with Gasteiger partial charge in [-0.2, -0.15) is 5.90 Å². The summed E-state index contributed by atoms with van der Waals surface area (Å²) in [5.41, 5.74) is 0.227. The number of ether oxygens (including phenoxy) is 1. The van der Waals surface area contributed by atoms with Crippen molar-refractivity contribution < 1.29 is 27.5 Å². The van der Waals surface area contributed by atoms with E-state index in [0.717, 1.165) is 12.1 Å². The zero-order valence-electron chi connectivity index (χ0n) is 7.75. The topological polar surface area (TPSA) is 73.6 Å². The van der Waals surface area contributed by atoms with Crippen molar-refractivity contribution in [3.63, 3.8) is 0 Å². The Bertz CT molecular complexity index is 364. The number of carbonyl (C=O) groups excluding carboxylic acids is 1. The Labute approximate surface area is 87.9 Å². The molecule has 0 saturated heterocycles. The van der Waals surface area contributed by atoms with Crippen molar-refractivity contribution in [2.24, 2.45) is 5.90 Å². The number of benzene rings is 1. The molecule has 1 amide bonds. The van der Waals surface area contributed by atoms with Crippen molar-refractivity contribution in [1.29, 1.82) is 0 Å². The van der Waals surface area contributed by atoms with E-state index in [4.69, 9.17) is 0 Å². The summed E-state index contributed by atoms with van der Waals surface area (Å²) in [5.74, 6) is 4.16. The van der Waals surface area contributed by atoms with Crippen LogP contribution in [-0.4, -0.2) is 12.5 Å². The van der Waals surface area contributed by atoms with E-state index in [1.54, 1.807) is 0 Å². The smallest absolute Gasteiger partial charge is 0.406 e. The van der Waals surface area contributed by atoms with E-state index in [1.807, 2.05) is 0 Å². The van der Waals surface area contributed by atoms with Crippen LogP contribution in [0.25, 0.3) is 0 Å². The molecule has 0 fully saturated rings. The fourth-order valence-corrected chi connectivity index (χ4v) is 0.887. The van der Waals surface area contributed by atoms with Crippen molar-refractivity contribution in [2.45, 2.75) is 6.36 Å². The molecule has 1 aromatic rings. The highest BCUT2D eigenvalue weighted by Gasteiger charge is 2.30. The first-order chi connectivity index (χ1) is 7.40. The lowest BCUT2D eigenvalue weighted by atomic mass is 10.3. The fraction of sp³-hybridized carbons (Fsp3) is 0.125. The summed E-state index contributed by atoms with van der Waals surface area (Å²) in [5, 5.41) is 2.16. The number of anilines is 1. The maximum atomic E-state index is 11.8. The van der Waals surface area contributed by atoms with Crippen LogP contribution in [0.2, 0.25) is 0 Å². The Morgan fingerprint density at radius 1 is 1.25 bits per heavy atom. The molecule has 0 atom stereocenters. The van der Waals surface area contributed by atoms with Gasteiger partial charge in [-0.25, -0.2) is 4.79 Å². The molecule has 0 bridgehead atoms. The Kier molecular flexibility index (Phi) is 3.56. The maximum Gasteiger partial charge on any atom is 0.573 e. The average molecular weight is 236 g/mol. The van der Waals surface area contributed by atoms with Crippen LogP contribution < -0.4 is 16.0 Å². The Morgan fingerprint density at radius 3 is 2.25 bits per heavy atom. The van der Waals surface area contributed by atoms with Crippen LogP contribution >= 0.6 is 0 Å². The monoisotopic (exact) mass is 236 g/mol. The third-order valence-electron chi connectivity index (χ3n) is 1.44. The third kappa shape index (κ3) is 4.05. The molecule has 0 aromatic heterocycles. The Balaban J connectivity index is 2.64. The van der Waals surface area contributed by atoms with E-state index in [1.165, 1.54) is 12.1 Å². The number of nitrogens with one attached hydrogen (secondary N) is 1. The van der Waals surface area contributed by atoms with Gasteiger partial charge in [0.15, 0.2) is 0 Å². The molecule has 5 nitrogen and oxygen atoms in total. The minimum Gasteiger partial charge on any atom is -0.406 e. The highest BCUT2D eigenvalue weighted by Crippen LogP contribution is 2.23. The van der Waals surface area contributed by atoms with Gasteiger partial charge in [0.05, 0.1) is 0 Å². The highest BCUT2D eigenvalue weighted by atomic mass is 19.4. The van der Waals surface area contributed by atoms with Crippen LogP contribution in [0.3, 0.4) is 0 Å². The molecule has 0 aliphatic heterocycles. The standard InChI is InChI=1S/C8H7F3N2O3/c9-8(10,11)15-6-3-1-5(2-4-6)13-7(14)16-12/h1-4H,12H2,(H,13,14). The number of rotatable bonds is 2.